The van der Waals surface area contributed by atoms with E-state index in [1.807, 2.05) is 18.2 Å². The first kappa shape index (κ1) is 8.38. The molecule has 0 atom stereocenters. The molecule has 2 rings (SSSR count). The Hall–Kier alpha value is -1.22. The highest BCUT2D eigenvalue weighted by Gasteiger charge is 2.10. The molecule has 70 valence electrons. The number of rotatable bonds is 2. The summed E-state index contributed by atoms with van der Waals surface area (Å²) in [5, 5.41) is 0. The van der Waals surface area contributed by atoms with E-state index >= 15 is 0 Å². The van der Waals surface area contributed by atoms with Gasteiger partial charge in [-0.25, -0.2) is 0 Å². The minimum Gasteiger partial charge on any atom is -0.486 e. The van der Waals surface area contributed by atoms with Crippen molar-refractivity contribution in [3.05, 3.63) is 23.8 Å². The van der Waals surface area contributed by atoms with E-state index in [1.54, 1.807) is 7.11 Å². The Morgan fingerprint density at radius 2 is 2.00 bits per heavy atom. The summed E-state index contributed by atoms with van der Waals surface area (Å²) in [7, 11) is 1.68. The van der Waals surface area contributed by atoms with Crippen molar-refractivity contribution in [2.45, 2.75) is 6.61 Å². The fraction of sp³-hybridized carbons (Fsp3) is 0.400. The molecule has 0 saturated heterocycles. The van der Waals surface area contributed by atoms with Crippen molar-refractivity contribution in [3.63, 3.8) is 0 Å². The first-order valence-electron chi connectivity index (χ1n) is 4.27. The van der Waals surface area contributed by atoms with Crippen LogP contribution in [0, 0.1) is 0 Å². The van der Waals surface area contributed by atoms with Gasteiger partial charge in [0.25, 0.3) is 0 Å². The summed E-state index contributed by atoms with van der Waals surface area (Å²) >= 11 is 0. The first-order chi connectivity index (χ1) is 6.40. The second-order valence-electron chi connectivity index (χ2n) is 2.91. The number of fused-ring (bicyclic) bond motifs is 1. The Labute approximate surface area is 77.2 Å². The lowest BCUT2D eigenvalue weighted by Crippen LogP contribution is -2.15. The van der Waals surface area contributed by atoms with E-state index in [9.17, 15) is 0 Å². The van der Waals surface area contributed by atoms with Crippen molar-refractivity contribution in [2.75, 3.05) is 20.3 Å². The van der Waals surface area contributed by atoms with Crippen molar-refractivity contribution in [3.8, 4) is 11.5 Å². The smallest absolute Gasteiger partial charge is 0.161 e. The van der Waals surface area contributed by atoms with Gasteiger partial charge in [0.2, 0.25) is 0 Å². The summed E-state index contributed by atoms with van der Waals surface area (Å²) in [6, 6.07) is 5.86. The molecule has 0 radical (unpaired) electrons. The zero-order valence-electron chi connectivity index (χ0n) is 7.58. The molecule has 0 saturated carbocycles. The van der Waals surface area contributed by atoms with E-state index < -0.39 is 0 Å². The molecule has 1 aromatic rings. The molecule has 3 nitrogen and oxygen atoms in total. The van der Waals surface area contributed by atoms with E-state index in [-0.39, 0.29) is 0 Å². The number of ether oxygens (including phenoxy) is 3. The fourth-order valence-corrected chi connectivity index (χ4v) is 1.34. The average Bonchev–Trinajstić information content (AvgIpc) is 2.18. The van der Waals surface area contributed by atoms with Gasteiger partial charge in [-0.3, -0.25) is 0 Å². The van der Waals surface area contributed by atoms with Gasteiger partial charge in [-0.2, -0.15) is 0 Å². The Morgan fingerprint density at radius 1 is 1.23 bits per heavy atom. The molecule has 1 aromatic carbocycles. The summed E-state index contributed by atoms with van der Waals surface area (Å²) in [6.45, 7) is 1.87. The second kappa shape index (κ2) is 3.66. The summed E-state index contributed by atoms with van der Waals surface area (Å²) in [5.74, 6) is 1.65. The van der Waals surface area contributed by atoms with Crippen LogP contribution in [0.5, 0.6) is 11.5 Å². The standard InChI is InChI=1S/C10H12O3/c1-11-7-8-2-3-9-10(6-8)13-5-4-12-9/h2-3,6H,4-5,7H2,1H3. The Morgan fingerprint density at radius 3 is 2.77 bits per heavy atom. The Bertz CT molecular complexity index is 296. The second-order valence-corrected chi connectivity index (χ2v) is 2.91. The summed E-state index contributed by atoms with van der Waals surface area (Å²) in [4.78, 5) is 0. The van der Waals surface area contributed by atoms with Gasteiger partial charge in [0.05, 0.1) is 6.61 Å². The molecule has 1 heterocycles. The van der Waals surface area contributed by atoms with E-state index in [0.717, 1.165) is 17.1 Å². The van der Waals surface area contributed by atoms with Gasteiger partial charge >= 0.3 is 0 Å². The van der Waals surface area contributed by atoms with Gasteiger partial charge in [-0.15, -0.1) is 0 Å². The molecule has 0 unspecified atom stereocenters. The average molecular weight is 180 g/mol. The van der Waals surface area contributed by atoms with E-state index in [1.165, 1.54) is 0 Å². The molecule has 1 aliphatic rings. The van der Waals surface area contributed by atoms with Gasteiger partial charge in [-0.1, -0.05) is 6.07 Å². The highest BCUT2D eigenvalue weighted by molar-refractivity contribution is 5.43. The molecular weight excluding hydrogens is 168 g/mol. The van der Waals surface area contributed by atoms with Crippen LogP contribution in [-0.4, -0.2) is 20.3 Å². The molecule has 0 aromatic heterocycles. The van der Waals surface area contributed by atoms with Crippen molar-refractivity contribution in [1.29, 1.82) is 0 Å². The Kier molecular flexibility index (Phi) is 2.36. The van der Waals surface area contributed by atoms with Crippen LogP contribution in [0.4, 0.5) is 0 Å². The highest BCUT2D eigenvalue weighted by atomic mass is 16.6. The molecule has 0 fully saturated rings. The molecular formula is C10H12O3. The minimum atomic E-state index is 0.608. The fourth-order valence-electron chi connectivity index (χ4n) is 1.34. The van der Waals surface area contributed by atoms with Gasteiger partial charge in [-0.05, 0) is 17.7 Å². The van der Waals surface area contributed by atoms with Crippen molar-refractivity contribution in [1.82, 2.24) is 0 Å². The maximum absolute atomic E-state index is 5.43. The number of methoxy groups -OCH3 is 1. The van der Waals surface area contributed by atoms with Crippen LogP contribution in [0.1, 0.15) is 5.56 Å². The van der Waals surface area contributed by atoms with Gasteiger partial charge in [0, 0.05) is 7.11 Å². The normalized spacial score (nSPS) is 14.2. The molecule has 0 bridgehead atoms. The molecule has 13 heavy (non-hydrogen) atoms. The molecule has 0 aliphatic carbocycles. The predicted molar refractivity (Wildman–Crippen MR) is 48.1 cm³/mol. The SMILES string of the molecule is COCc1ccc2c(c1)OCCO2. The molecule has 0 N–H and O–H groups in total. The van der Waals surface area contributed by atoms with Crippen LogP contribution in [0.2, 0.25) is 0 Å². The number of hydrogen-bond donors (Lipinski definition) is 0. The van der Waals surface area contributed by atoms with Gasteiger partial charge in [0.15, 0.2) is 11.5 Å². The Balaban J connectivity index is 2.24. The lowest BCUT2D eigenvalue weighted by Gasteiger charge is -2.18. The third-order valence-electron chi connectivity index (χ3n) is 1.92. The minimum absolute atomic E-state index is 0.608. The van der Waals surface area contributed by atoms with Crippen LogP contribution in [-0.2, 0) is 11.3 Å². The van der Waals surface area contributed by atoms with Crippen LogP contribution in [0.3, 0.4) is 0 Å². The quantitative estimate of drug-likeness (QED) is 0.692. The van der Waals surface area contributed by atoms with Crippen molar-refractivity contribution >= 4 is 0 Å². The molecule has 1 aliphatic heterocycles. The maximum atomic E-state index is 5.43. The van der Waals surface area contributed by atoms with E-state index in [0.29, 0.717) is 19.8 Å². The largest absolute Gasteiger partial charge is 0.486 e. The summed E-state index contributed by atoms with van der Waals surface area (Å²) in [6.07, 6.45) is 0. The molecule has 3 heteroatoms. The van der Waals surface area contributed by atoms with Gasteiger partial charge < -0.3 is 14.2 Å². The van der Waals surface area contributed by atoms with Crippen molar-refractivity contribution in [2.24, 2.45) is 0 Å². The highest BCUT2D eigenvalue weighted by Crippen LogP contribution is 2.30. The lowest BCUT2D eigenvalue weighted by atomic mass is 10.2. The maximum Gasteiger partial charge on any atom is 0.161 e. The predicted octanol–water partition coefficient (Wildman–Crippen LogP) is 1.60. The van der Waals surface area contributed by atoms with Crippen LogP contribution < -0.4 is 9.47 Å². The van der Waals surface area contributed by atoms with E-state index in [2.05, 4.69) is 0 Å². The third-order valence-corrected chi connectivity index (χ3v) is 1.92. The van der Waals surface area contributed by atoms with Crippen LogP contribution >= 0.6 is 0 Å². The lowest BCUT2D eigenvalue weighted by molar-refractivity contribution is 0.167. The monoisotopic (exact) mass is 180 g/mol. The molecule has 0 spiro atoms. The van der Waals surface area contributed by atoms with Gasteiger partial charge in [0.1, 0.15) is 13.2 Å². The summed E-state index contributed by atoms with van der Waals surface area (Å²) in [5.41, 5.74) is 1.10. The van der Waals surface area contributed by atoms with Crippen molar-refractivity contribution < 1.29 is 14.2 Å². The molecule has 0 amide bonds. The third kappa shape index (κ3) is 1.75. The topological polar surface area (TPSA) is 27.7 Å². The summed E-state index contributed by atoms with van der Waals surface area (Å²) < 4.78 is 15.8. The van der Waals surface area contributed by atoms with Crippen LogP contribution in [0.25, 0.3) is 0 Å². The zero-order valence-corrected chi connectivity index (χ0v) is 7.58. The number of benzene rings is 1. The van der Waals surface area contributed by atoms with E-state index in [4.69, 9.17) is 14.2 Å². The zero-order chi connectivity index (χ0) is 9.10. The first-order valence-corrected chi connectivity index (χ1v) is 4.27. The van der Waals surface area contributed by atoms with Crippen LogP contribution in [0.15, 0.2) is 18.2 Å². The number of hydrogen-bond acceptors (Lipinski definition) is 3.